The molecule has 26 heavy (non-hydrogen) atoms. The van der Waals surface area contributed by atoms with Crippen LogP contribution in [-0.2, 0) is 4.79 Å². The minimum atomic E-state index is -0.541. The van der Waals surface area contributed by atoms with E-state index in [1.54, 1.807) is 0 Å². The van der Waals surface area contributed by atoms with Crippen LogP contribution in [0, 0.1) is 6.92 Å². The normalized spacial score (nSPS) is 18.5. The third kappa shape index (κ3) is 3.17. The van der Waals surface area contributed by atoms with Crippen molar-refractivity contribution >= 4 is 17.5 Å². The smallest absolute Gasteiger partial charge is 0.253 e. The molecular formula is C21H22N2O3. The van der Waals surface area contributed by atoms with Crippen LogP contribution in [-0.4, -0.2) is 35.4 Å². The lowest BCUT2D eigenvalue weighted by molar-refractivity contribution is -0.120. The molecule has 0 aromatic heterocycles. The van der Waals surface area contributed by atoms with E-state index in [2.05, 4.69) is 5.32 Å². The van der Waals surface area contributed by atoms with Crippen LogP contribution in [0.25, 0.3) is 0 Å². The minimum Gasteiger partial charge on any atom is -0.484 e. The quantitative estimate of drug-likeness (QED) is 0.858. The van der Waals surface area contributed by atoms with Gasteiger partial charge in [0.05, 0.1) is 12.1 Å². The fourth-order valence-corrected chi connectivity index (χ4v) is 3.69. The van der Waals surface area contributed by atoms with Gasteiger partial charge in [-0.1, -0.05) is 29.8 Å². The summed E-state index contributed by atoms with van der Waals surface area (Å²) >= 11 is 0. The van der Waals surface area contributed by atoms with Crippen LogP contribution in [0.15, 0.2) is 48.5 Å². The van der Waals surface area contributed by atoms with Gasteiger partial charge in [-0.3, -0.25) is 9.59 Å². The van der Waals surface area contributed by atoms with Crippen molar-refractivity contribution in [3.05, 3.63) is 59.7 Å². The van der Waals surface area contributed by atoms with Crippen molar-refractivity contribution in [2.75, 3.05) is 18.4 Å². The number of para-hydroxylation sites is 2. The molecular weight excluding hydrogens is 328 g/mol. The highest BCUT2D eigenvalue weighted by molar-refractivity contribution is 5.95. The zero-order valence-corrected chi connectivity index (χ0v) is 14.8. The number of nitrogens with one attached hydrogen (secondary N) is 1. The number of anilines is 1. The molecule has 0 unspecified atom stereocenters. The second kappa shape index (κ2) is 6.48. The number of rotatable bonds is 1. The third-order valence-corrected chi connectivity index (χ3v) is 5.23. The Morgan fingerprint density at radius 2 is 1.77 bits per heavy atom. The van der Waals surface area contributed by atoms with Crippen molar-refractivity contribution in [1.29, 1.82) is 0 Å². The summed E-state index contributed by atoms with van der Waals surface area (Å²) in [5.74, 6) is 0.711. The highest BCUT2D eigenvalue weighted by atomic mass is 16.5. The Bertz CT molecular complexity index is 837. The Kier molecular flexibility index (Phi) is 4.15. The van der Waals surface area contributed by atoms with E-state index in [0.717, 1.165) is 5.56 Å². The fourth-order valence-electron chi connectivity index (χ4n) is 3.69. The number of aryl methyl sites for hydroxylation is 1. The zero-order valence-electron chi connectivity index (χ0n) is 14.8. The maximum atomic E-state index is 12.7. The standard InChI is InChI=1S/C21H22N2O3/c1-15-6-8-16(9-7-15)20(25)23-12-10-21(11-13-23)14-19(24)22-17-4-2-3-5-18(17)26-21/h2-9H,10-14H2,1H3,(H,22,24). The van der Waals surface area contributed by atoms with Gasteiger partial charge in [-0.2, -0.15) is 0 Å². The molecule has 134 valence electrons. The molecule has 2 aliphatic rings. The highest BCUT2D eigenvalue weighted by Crippen LogP contribution is 2.38. The van der Waals surface area contributed by atoms with Gasteiger partial charge in [0.25, 0.3) is 5.91 Å². The molecule has 1 fully saturated rings. The number of ether oxygens (including phenoxy) is 1. The lowest BCUT2D eigenvalue weighted by atomic mass is 9.87. The van der Waals surface area contributed by atoms with Crippen LogP contribution >= 0.6 is 0 Å². The predicted octanol–water partition coefficient (Wildman–Crippen LogP) is 3.39. The molecule has 5 heteroatoms. The largest absolute Gasteiger partial charge is 0.484 e. The average Bonchev–Trinajstić information content (AvgIpc) is 2.77. The number of carbonyl (C=O) groups excluding carboxylic acids is 2. The molecule has 4 rings (SSSR count). The van der Waals surface area contributed by atoms with Crippen molar-refractivity contribution in [1.82, 2.24) is 4.90 Å². The molecule has 0 radical (unpaired) electrons. The SMILES string of the molecule is Cc1ccc(C(=O)N2CCC3(CC2)CC(=O)Nc2ccccc2O3)cc1. The fraction of sp³-hybridized carbons (Fsp3) is 0.333. The zero-order chi connectivity index (χ0) is 18.1. The van der Waals surface area contributed by atoms with E-state index in [0.29, 0.717) is 49.4 Å². The molecule has 0 aliphatic carbocycles. The van der Waals surface area contributed by atoms with Gasteiger partial charge in [0.15, 0.2) is 0 Å². The van der Waals surface area contributed by atoms with Crippen LogP contribution in [0.2, 0.25) is 0 Å². The Labute approximate surface area is 153 Å². The number of hydrogen-bond acceptors (Lipinski definition) is 3. The first-order chi connectivity index (χ1) is 12.5. The molecule has 0 saturated carbocycles. The lowest BCUT2D eigenvalue weighted by Gasteiger charge is -2.40. The Balaban J connectivity index is 1.49. The van der Waals surface area contributed by atoms with Crippen LogP contribution in [0.3, 0.4) is 0 Å². The molecule has 0 bridgehead atoms. The Hall–Kier alpha value is -2.82. The monoisotopic (exact) mass is 350 g/mol. The van der Waals surface area contributed by atoms with Gasteiger partial charge in [0.1, 0.15) is 11.4 Å². The molecule has 5 nitrogen and oxygen atoms in total. The number of likely N-dealkylation sites (tertiary alicyclic amines) is 1. The summed E-state index contributed by atoms with van der Waals surface area (Å²) < 4.78 is 6.28. The van der Waals surface area contributed by atoms with Gasteiger partial charge in [0, 0.05) is 31.5 Å². The summed E-state index contributed by atoms with van der Waals surface area (Å²) in [6.07, 6.45) is 1.60. The topological polar surface area (TPSA) is 58.6 Å². The van der Waals surface area contributed by atoms with Crippen molar-refractivity contribution in [3.63, 3.8) is 0 Å². The average molecular weight is 350 g/mol. The summed E-state index contributed by atoms with van der Waals surface area (Å²) in [7, 11) is 0. The van der Waals surface area contributed by atoms with Crippen molar-refractivity contribution in [2.45, 2.75) is 31.8 Å². The van der Waals surface area contributed by atoms with Crippen LogP contribution in [0.4, 0.5) is 5.69 Å². The highest BCUT2D eigenvalue weighted by Gasteiger charge is 2.42. The van der Waals surface area contributed by atoms with Gasteiger partial charge in [-0.15, -0.1) is 0 Å². The summed E-state index contributed by atoms with van der Waals surface area (Å²) in [5, 5.41) is 2.91. The molecule has 2 amide bonds. The molecule has 1 saturated heterocycles. The summed E-state index contributed by atoms with van der Waals surface area (Å²) in [6, 6.07) is 15.2. The Morgan fingerprint density at radius 3 is 2.50 bits per heavy atom. The van der Waals surface area contributed by atoms with Gasteiger partial charge in [0.2, 0.25) is 5.91 Å². The maximum absolute atomic E-state index is 12.7. The molecule has 0 atom stereocenters. The first-order valence-corrected chi connectivity index (χ1v) is 8.99. The van der Waals surface area contributed by atoms with E-state index >= 15 is 0 Å². The second-order valence-corrected chi connectivity index (χ2v) is 7.16. The number of benzene rings is 2. The number of hydrogen-bond donors (Lipinski definition) is 1. The molecule has 1 spiro atoms. The van der Waals surface area contributed by atoms with E-state index < -0.39 is 5.60 Å². The number of amides is 2. The molecule has 2 heterocycles. The van der Waals surface area contributed by atoms with E-state index in [4.69, 9.17) is 4.74 Å². The summed E-state index contributed by atoms with van der Waals surface area (Å²) in [6.45, 7) is 3.18. The first kappa shape index (κ1) is 16.6. The minimum absolute atomic E-state index is 0.0340. The predicted molar refractivity (Wildman–Crippen MR) is 99.4 cm³/mol. The van der Waals surface area contributed by atoms with E-state index in [1.807, 2.05) is 60.4 Å². The van der Waals surface area contributed by atoms with Crippen LogP contribution < -0.4 is 10.1 Å². The van der Waals surface area contributed by atoms with Gasteiger partial charge >= 0.3 is 0 Å². The Morgan fingerprint density at radius 1 is 1.08 bits per heavy atom. The van der Waals surface area contributed by atoms with E-state index in [9.17, 15) is 9.59 Å². The summed E-state index contributed by atoms with van der Waals surface area (Å²) in [5.41, 5.74) is 2.01. The molecule has 2 aromatic rings. The van der Waals surface area contributed by atoms with Crippen molar-refractivity contribution in [2.24, 2.45) is 0 Å². The summed E-state index contributed by atoms with van der Waals surface area (Å²) in [4.78, 5) is 26.9. The number of carbonyl (C=O) groups is 2. The van der Waals surface area contributed by atoms with Gasteiger partial charge < -0.3 is 15.0 Å². The third-order valence-electron chi connectivity index (χ3n) is 5.23. The van der Waals surface area contributed by atoms with E-state index in [1.165, 1.54) is 0 Å². The number of fused-ring (bicyclic) bond motifs is 1. The van der Waals surface area contributed by atoms with Crippen LogP contribution in [0.1, 0.15) is 35.2 Å². The first-order valence-electron chi connectivity index (χ1n) is 8.99. The molecule has 1 N–H and O–H groups in total. The van der Waals surface area contributed by atoms with Gasteiger partial charge in [-0.25, -0.2) is 0 Å². The van der Waals surface area contributed by atoms with Crippen LogP contribution in [0.5, 0.6) is 5.75 Å². The second-order valence-electron chi connectivity index (χ2n) is 7.16. The number of nitrogens with zero attached hydrogens (tertiary/aromatic N) is 1. The van der Waals surface area contributed by atoms with E-state index in [-0.39, 0.29) is 11.8 Å². The number of piperidine rings is 1. The van der Waals surface area contributed by atoms with Crippen molar-refractivity contribution < 1.29 is 14.3 Å². The van der Waals surface area contributed by atoms with Gasteiger partial charge in [-0.05, 0) is 31.2 Å². The molecule has 2 aliphatic heterocycles. The molecule has 2 aromatic carbocycles. The lowest BCUT2D eigenvalue weighted by Crippen LogP contribution is -2.50. The maximum Gasteiger partial charge on any atom is 0.253 e. The van der Waals surface area contributed by atoms with Crippen molar-refractivity contribution in [3.8, 4) is 5.75 Å².